The Labute approximate surface area is 114 Å². The standard InChI is InChI=1S/C12H22N6O/c1-5-19-12-15-10(13-3)14-11(16-12)18-7-6-17(4)9(2)8-18/h9H,5-8H2,1-4H3,(H,13,14,15,16). The summed E-state index contributed by atoms with van der Waals surface area (Å²) in [5.41, 5.74) is 0. The van der Waals surface area contributed by atoms with Crippen LogP contribution in [-0.2, 0) is 0 Å². The van der Waals surface area contributed by atoms with Crippen LogP contribution in [0.1, 0.15) is 13.8 Å². The lowest BCUT2D eigenvalue weighted by Gasteiger charge is -2.37. The molecule has 0 bridgehead atoms. The summed E-state index contributed by atoms with van der Waals surface area (Å²) < 4.78 is 5.39. The highest BCUT2D eigenvalue weighted by molar-refractivity contribution is 5.38. The average Bonchev–Trinajstić information content (AvgIpc) is 2.42. The Morgan fingerprint density at radius 2 is 2.11 bits per heavy atom. The van der Waals surface area contributed by atoms with E-state index in [1.165, 1.54) is 0 Å². The quantitative estimate of drug-likeness (QED) is 0.848. The summed E-state index contributed by atoms with van der Waals surface area (Å²) in [4.78, 5) is 17.5. The maximum Gasteiger partial charge on any atom is 0.323 e. The molecule has 1 aromatic rings. The molecule has 1 fully saturated rings. The van der Waals surface area contributed by atoms with Gasteiger partial charge in [-0.3, -0.25) is 0 Å². The molecular weight excluding hydrogens is 244 g/mol. The van der Waals surface area contributed by atoms with Crippen molar-refractivity contribution in [3.8, 4) is 6.01 Å². The van der Waals surface area contributed by atoms with Gasteiger partial charge in [0.05, 0.1) is 6.61 Å². The molecule has 1 unspecified atom stereocenters. The first kappa shape index (κ1) is 13.8. The van der Waals surface area contributed by atoms with Crippen LogP contribution >= 0.6 is 0 Å². The van der Waals surface area contributed by atoms with Crippen LogP contribution in [0.3, 0.4) is 0 Å². The van der Waals surface area contributed by atoms with E-state index in [4.69, 9.17) is 4.74 Å². The first-order valence-corrected chi connectivity index (χ1v) is 6.65. The van der Waals surface area contributed by atoms with Crippen LogP contribution in [0.5, 0.6) is 6.01 Å². The molecule has 0 aliphatic carbocycles. The van der Waals surface area contributed by atoms with Gasteiger partial charge in [-0.25, -0.2) is 0 Å². The van der Waals surface area contributed by atoms with Gasteiger partial charge in [0.2, 0.25) is 11.9 Å². The van der Waals surface area contributed by atoms with E-state index in [2.05, 4.69) is 44.0 Å². The van der Waals surface area contributed by atoms with Gasteiger partial charge in [-0.05, 0) is 20.9 Å². The van der Waals surface area contributed by atoms with Crippen LogP contribution < -0.4 is 15.0 Å². The molecule has 7 heteroatoms. The molecule has 1 N–H and O–H groups in total. The Morgan fingerprint density at radius 3 is 2.74 bits per heavy atom. The highest BCUT2D eigenvalue weighted by Crippen LogP contribution is 2.18. The number of aromatic nitrogens is 3. The molecule has 1 saturated heterocycles. The fourth-order valence-corrected chi connectivity index (χ4v) is 2.02. The van der Waals surface area contributed by atoms with Crippen LogP contribution in [0.25, 0.3) is 0 Å². The van der Waals surface area contributed by atoms with Crippen LogP contribution in [0, 0.1) is 0 Å². The van der Waals surface area contributed by atoms with E-state index in [9.17, 15) is 0 Å². The Hall–Kier alpha value is -1.63. The summed E-state index contributed by atoms with van der Waals surface area (Å²) >= 11 is 0. The van der Waals surface area contributed by atoms with E-state index >= 15 is 0 Å². The minimum atomic E-state index is 0.378. The lowest BCUT2D eigenvalue weighted by atomic mass is 10.2. The topological polar surface area (TPSA) is 66.4 Å². The predicted molar refractivity (Wildman–Crippen MR) is 74.8 cm³/mol. The summed E-state index contributed by atoms with van der Waals surface area (Å²) in [5, 5.41) is 2.95. The van der Waals surface area contributed by atoms with Gasteiger partial charge in [0, 0.05) is 32.7 Å². The number of anilines is 2. The van der Waals surface area contributed by atoms with E-state index < -0.39 is 0 Å². The second kappa shape index (κ2) is 6.01. The van der Waals surface area contributed by atoms with E-state index in [0.717, 1.165) is 19.6 Å². The first-order valence-electron chi connectivity index (χ1n) is 6.65. The Balaban J connectivity index is 2.20. The van der Waals surface area contributed by atoms with Crippen molar-refractivity contribution in [2.45, 2.75) is 19.9 Å². The zero-order chi connectivity index (χ0) is 13.8. The molecule has 0 saturated carbocycles. The maximum atomic E-state index is 5.39. The van der Waals surface area contributed by atoms with Gasteiger partial charge in [0.25, 0.3) is 0 Å². The van der Waals surface area contributed by atoms with E-state index in [-0.39, 0.29) is 0 Å². The van der Waals surface area contributed by atoms with Crippen LogP contribution in [0.4, 0.5) is 11.9 Å². The van der Waals surface area contributed by atoms with Crippen molar-refractivity contribution in [3.05, 3.63) is 0 Å². The summed E-state index contributed by atoms with van der Waals surface area (Å²) in [7, 11) is 3.93. The first-order chi connectivity index (χ1) is 9.13. The van der Waals surface area contributed by atoms with Crippen molar-refractivity contribution < 1.29 is 4.74 Å². The minimum Gasteiger partial charge on any atom is -0.464 e. The molecule has 1 atom stereocenters. The number of ether oxygens (including phenoxy) is 1. The van der Waals surface area contributed by atoms with Gasteiger partial charge < -0.3 is 19.9 Å². The number of rotatable bonds is 4. The van der Waals surface area contributed by atoms with Crippen molar-refractivity contribution in [2.24, 2.45) is 0 Å². The van der Waals surface area contributed by atoms with E-state index in [1.807, 2.05) is 6.92 Å². The van der Waals surface area contributed by atoms with Crippen LogP contribution in [-0.4, -0.2) is 66.2 Å². The monoisotopic (exact) mass is 266 g/mol. The molecule has 0 amide bonds. The smallest absolute Gasteiger partial charge is 0.323 e. The van der Waals surface area contributed by atoms with Crippen LogP contribution in [0.2, 0.25) is 0 Å². The normalized spacial score (nSPS) is 20.4. The Kier molecular flexibility index (Phi) is 4.36. The third-order valence-electron chi connectivity index (χ3n) is 3.34. The summed E-state index contributed by atoms with van der Waals surface area (Å²) in [6.45, 7) is 7.50. The van der Waals surface area contributed by atoms with Gasteiger partial charge >= 0.3 is 6.01 Å². The zero-order valence-electron chi connectivity index (χ0n) is 12.1. The molecule has 0 aromatic carbocycles. The molecule has 19 heavy (non-hydrogen) atoms. The number of likely N-dealkylation sites (N-methyl/N-ethyl adjacent to an activating group) is 1. The molecule has 1 aliphatic heterocycles. The van der Waals surface area contributed by atoms with E-state index in [0.29, 0.717) is 30.6 Å². The molecular formula is C12H22N6O. The maximum absolute atomic E-state index is 5.39. The third kappa shape index (κ3) is 3.23. The lowest BCUT2D eigenvalue weighted by molar-refractivity contribution is 0.232. The van der Waals surface area contributed by atoms with E-state index in [1.54, 1.807) is 7.05 Å². The molecule has 2 heterocycles. The van der Waals surface area contributed by atoms with Crippen LogP contribution in [0.15, 0.2) is 0 Å². The van der Waals surface area contributed by atoms with Crippen molar-refractivity contribution >= 4 is 11.9 Å². The second-order valence-corrected chi connectivity index (χ2v) is 4.70. The third-order valence-corrected chi connectivity index (χ3v) is 3.34. The largest absolute Gasteiger partial charge is 0.464 e. The molecule has 7 nitrogen and oxygen atoms in total. The summed E-state index contributed by atoms with van der Waals surface area (Å²) in [6.07, 6.45) is 0. The van der Waals surface area contributed by atoms with Gasteiger partial charge in [-0.1, -0.05) is 0 Å². The number of piperazine rings is 1. The number of hydrogen-bond donors (Lipinski definition) is 1. The van der Waals surface area contributed by atoms with Gasteiger partial charge in [0.15, 0.2) is 0 Å². The van der Waals surface area contributed by atoms with Crippen molar-refractivity contribution in [1.29, 1.82) is 0 Å². The Morgan fingerprint density at radius 1 is 1.32 bits per heavy atom. The number of hydrogen-bond acceptors (Lipinski definition) is 7. The Bertz CT molecular complexity index is 427. The average molecular weight is 266 g/mol. The highest BCUT2D eigenvalue weighted by atomic mass is 16.5. The molecule has 1 aliphatic rings. The number of nitrogens with one attached hydrogen (secondary N) is 1. The molecule has 0 spiro atoms. The van der Waals surface area contributed by atoms with Gasteiger partial charge in [0.1, 0.15) is 0 Å². The minimum absolute atomic E-state index is 0.378. The zero-order valence-corrected chi connectivity index (χ0v) is 12.1. The fourth-order valence-electron chi connectivity index (χ4n) is 2.02. The second-order valence-electron chi connectivity index (χ2n) is 4.70. The molecule has 106 valence electrons. The highest BCUT2D eigenvalue weighted by Gasteiger charge is 2.23. The van der Waals surface area contributed by atoms with Gasteiger partial charge in [-0.2, -0.15) is 15.0 Å². The molecule has 2 rings (SSSR count). The van der Waals surface area contributed by atoms with Crippen molar-refractivity contribution in [2.75, 3.05) is 50.6 Å². The lowest BCUT2D eigenvalue weighted by Crippen LogP contribution is -2.50. The number of nitrogens with zero attached hydrogens (tertiary/aromatic N) is 5. The predicted octanol–water partition coefficient (Wildman–Crippen LogP) is 0.452. The fraction of sp³-hybridized carbons (Fsp3) is 0.750. The van der Waals surface area contributed by atoms with Crippen molar-refractivity contribution in [1.82, 2.24) is 19.9 Å². The SMILES string of the molecule is CCOc1nc(NC)nc(N2CCN(C)C(C)C2)n1. The summed E-state index contributed by atoms with van der Waals surface area (Å²) in [6, 6.07) is 0.863. The summed E-state index contributed by atoms with van der Waals surface area (Å²) in [5.74, 6) is 1.22. The molecule has 0 radical (unpaired) electrons. The van der Waals surface area contributed by atoms with Gasteiger partial charge in [-0.15, -0.1) is 0 Å². The molecule has 1 aromatic heterocycles. The van der Waals surface area contributed by atoms with Crippen molar-refractivity contribution in [3.63, 3.8) is 0 Å².